The Morgan fingerprint density at radius 1 is 0.950 bits per heavy atom. The molecule has 0 heterocycles. The Morgan fingerprint density at radius 2 is 1.57 bits per heavy atom. The molecular weight excluding hydrogens is 578 g/mol. The summed E-state index contributed by atoms with van der Waals surface area (Å²) in [6.07, 6.45) is 6.04. The Hall–Kier alpha value is 1.44. The van der Waals surface area contributed by atoms with Gasteiger partial charge in [-0.25, -0.2) is 16.8 Å². The number of hydrogen-bond acceptors (Lipinski definition) is 9. The van der Waals surface area contributed by atoms with Crippen LogP contribution in [0.2, 0.25) is 0 Å². The zero-order valence-corrected chi connectivity index (χ0v) is 30.8. The van der Waals surface area contributed by atoms with Gasteiger partial charge in [-0.05, 0) is 104 Å². The van der Waals surface area contributed by atoms with Gasteiger partial charge in [-0.3, -0.25) is 8.37 Å². The molecule has 4 aliphatic rings. The Kier molecular flexibility index (Phi) is 13.0. The molecule has 3 fully saturated rings. The molecule has 0 aromatic rings. The van der Waals surface area contributed by atoms with Crippen molar-refractivity contribution in [2.75, 3.05) is 0 Å². The molecule has 0 aromatic heterocycles. The molecule has 40 heavy (non-hydrogen) atoms. The molecule has 3 saturated carbocycles. The first-order valence-corrected chi connectivity index (χ1v) is 16.8. The summed E-state index contributed by atoms with van der Waals surface area (Å²) in [6, 6.07) is 0. The molecule has 0 aromatic carbocycles. The third kappa shape index (κ3) is 7.98. The maximum Gasteiger partial charge on any atom is 1.00 e. The van der Waals surface area contributed by atoms with E-state index in [2.05, 4.69) is 40.7 Å². The van der Waals surface area contributed by atoms with Crippen LogP contribution in [-0.2, 0) is 29.2 Å². The van der Waals surface area contributed by atoms with E-state index in [0.29, 0.717) is 31.1 Å². The predicted octanol–water partition coefficient (Wildman–Crippen LogP) is -1.69. The van der Waals surface area contributed by atoms with Crippen LogP contribution >= 0.6 is 0 Å². The molecule has 4 aliphatic carbocycles. The minimum absolute atomic E-state index is 0. The van der Waals surface area contributed by atoms with Gasteiger partial charge in [0.1, 0.15) is 0 Å². The molecule has 0 saturated heterocycles. The summed E-state index contributed by atoms with van der Waals surface area (Å²) in [7, 11) is -9.91. The largest absolute Gasteiger partial charge is 1.00 e. The average Bonchev–Trinajstić information content (AvgIpc) is 3.13. The summed E-state index contributed by atoms with van der Waals surface area (Å²) in [5.41, 5.74) is 0.685. The van der Waals surface area contributed by atoms with E-state index in [9.17, 15) is 31.0 Å². The second kappa shape index (κ2) is 13.8. The van der Waals surface area contributed by atoms with E-state index < -0.39 is 44.3 Å². The first-order valence-electron chi connectivity index (χ1n) is 14.1. The fourth-order valence-electron chi connectivity index (χ4n) is 8.96. The Balaban J connectivity index is 0.00000280. The van der Waals surface area contributed by atoms with Gasteiger partial charge in [0, 0.05) is 0 Å². The van der Waals surface area contributed by atoms with Crippen molar-refractivity contribution in [3.05, 3.63) is 11.6 Å². The van der Waals surface area contributed by atoms with Crippen LogP contribution in [0.15, 0.2) is 11.6 Å². The van der Waals surface area contributed by atoms with E-state index in [1.807, 2.05) is 0 Å². The monoisotopic (exact) mass is 622 g/mol. The molecule has 10 atom stereocenters. The summed E-state index contributed by atoms with van der Waals surface area (Å²) >= 11 is 0. The molecule has 0 spiro atoms. The van der Waals surface area contributed by atoms with E-state index in [4.69, 9.17) is 8.37 Å². The number of fused-ring (bicyclic) bond motifs is 5. The minimum atomic E-state index is -5.00. The summed E-state index contributed by atoms with van der Waals surface area (Å²) in [5, 5.41) is 11.0. The topological polar surface area (TPSA) is 153 Å². The molecule has 220 valence electrons. The zero-order valence-electron chi connectivity index (χ0n) is 25.2. The second-order valence-electron chi connectivity index (χ2n) is 13.4. The van der Waals surface area contributed by atoms with Crippen LogP contribution in [0.3, 0.4) is 0 Å². The van der Waals surface area contributed by atoms with Crippen molar-refractivity contribution in [3.8, 4) is 0 Å². The van der Waals surface area contributed by atoms with Gasteiger partial charge in [-0.15, -0.1) is 0 Å². The summed E-state index contributed by atoms with van der Waals surface area (Å²) in [4.78, 5) is 0. The fraction of sp³-hybridized carbons (Fsp3) is 0.926. The molecule has 9 nitrogen and oxygen atoms in total. The normalized spacial score (nSPS) is 39.1. The van der Waals surface area contributed by atoms with Gasteiger partial charge in [-0.2, -0.15) is 0 Å². The zero-order chi connectivity index (χ0) is 28.3. The van der Waals surface area contributed by atoms with Gasteiger partial charge >= 0.3 is 59.1 Å². The van der Waals surface area contributed by atoms with Crippen molar-refractivity contribution >= 4 is 20.8 Å². The molecule has 4 rings (SSSR count). The number of aliphatic hydroxyl groups is 1. The summed E-state index contributed by atoms with van der Waals surface area (Å²) < 4.78 is 79.0. The molecule has 3 unspecified atom stereocenters. The van der Waals surface area contributed by atoms with Gasteiger partial charge in [0.05, 0.1) is 18.3 Å². The van der Waals surface area contributed by atoms with Crippen molar-refractivity contribution in [1.29, 1.82) is 0 Å². The molecule has 0 radical (unpaired) electrons. The first kappa shape index (κ1) is 37.6. The van der Waals surface area contributed by atoms with E-state index >= 15 is 0 Å². The molecule has 1 N–H and O–H groups in total. The molecular formula is C27H44Na2O9S2. The minimum Gasteiger partial charge on any atom is -0.726 e. The van der Waals surface area contributed by atoms with Gasteiger partial charge in [0.15, 0.2) is 0 Å². The van der Waals surface area contributed by atoms with Crippen molar-refractivity contribution in [1.82, 2.24) is 0 Å². The second-order valence-corrected chi connectivity index (χ2v) is 15.4. The fourth-order valence-corrected chi connectivity index (χ4v) is 9.98. The number of rotatable bonds is 9. The van der Waals surface area contributed by atoms with Crippen molar-refractivity contribution in [2.24, 2.45) is 46.3 Å². The van der Waals surface area contributed by atoms with Gasteiger partial charge in [-0.1, -0.05) is 46.3 Å². The third-order valence-electron chi connectivity index (χ3n) is 10.8. The predicted molar refractivity (Wildman–Crippen MR) is 139 cm³/mol. The van der Waals surface area contributed by atoms with Crippen LogP contribution in [0, 0.1) is 46.3 Å². The van der Waals surface area contributed by atoms with Gasteiger partial charge in [0.2, 0.25) is 20.8 Å². The number of hydrogen-bond donors (Lipinski definition) is 1. The van der Waals surface area contributed by atoms with Crippen molar-refractivity contribution in [3.63, 3.8) is 0 Å². The van der Waals surface area contributed by atoms with Crippen LogP contribution in [0.25, 0.3) is 0 Å². The van der Waals surface area contributed by atoms with Crippen LogP contribution in [-0.4, -0.2) is 49.4 Å². The van der Waals surface area contributed by atoms with Crippen LogP contribution in [0.5, 0.6) is 0 Å². The van der Waals surface area contributed by atoms with Crippen LogP contribution < -0.4 is 59.1 Å². The van der Waals surface area contributed by atoms with Gasteiger partial charge in [0.25, 0.3) is 0 Å². The van der Waals surface area contributed by atoms with E-state index in [1.165, 1.54) is 5.57 Å². The van der Waals surface area contributed by atoms with E-state index in [-0.39, 0.29) is 94.8 Å². The molecule has 0 amide bonds. The Labute approximate surface area is 285 Å². The van der Waals surface area contributed by atoms with Crippen molar-refractivity contribution < 1.29 is 98.5 Å². The molecule has 13 heteroatoms. The van der Waals surface area contributed by atoms with Crippen LogP contribution in [0.4, 0.5) is 0 Å². The van der Waals surface area contributed by atoms with E-state index in [0.717, 1.165) is 32.1 Å². The van der Waals surface area contributed by atoms with Crippen molar-refractivity contribution in [2.45, 2.75) is 111 Å². The standard InChI is InChI=1S/C27H46O9S2.2Na/c1-16(2)6-9-24(28)17(3)20-7-8-21-19-15-25(36-38(32,33)34)23-14-18(35-37(29,30)31)10-12-27(23,5)22(19)11-13-26(20,21)4;;/h11,16-21,23-25,28H,6-10,12-15H2,1-5H3,(H,29,30,31)(H,32,33,34);;/q;2*+1/p-2/t17-,18-,19?,20+,21?,23?,24+,25-,26+,27+;;/m0../s1. The Morgan fingerprint density at radius 3 is 2.15 bits per heavy atom. The van der Waals surface area contributed by atoms with Crippen LogP contribution in [0.1, 0.15) is 92.4 Å². The molecule has 0 bridgehead atoms. The quantitative estimate of drug-likeness (QED) is 0.137. The number of aliphatic hydroxyl groups excluding tert-OH is 1. The maximum atomic E-state index is 11.8. The average molecular weight is 623 g/mol. The SMILES string of the molecule is CC(C)CC[C@@H](O)[C@@H](C)[C@H]1CCC2C3C[C@H](OS(=O)(=O)[O-])C4C[C@@H](OS(=O)(=O)[O-])CC[C@]4(C)C3=CC[C@@]21C.[Na+].[Na+]. The molecule has 0 aliphatic heterocycles. The first-order chi connectivity index (χ1) is 17.4. The van der Waals surface area contributed by atoms with Gasteiger partial charge < -0.3 is 14.2 Å². The number of allylic oxidation sites excluding steroid dienone is 2. The summed E-state index contributed by atoms with van der Waals surface area (Å²) in [6.45, 7) is 10.8. The summed E-state index contributed by atoms with van der Waals surface area (Å²) in [5.74, 6) is 0.832. The Bertz CT molecular complexity index is 1130. The third-order valence-corrected chi connectivity index (χ3v) is 11.8. The smallest absolute Gasteiger partial charge is 0.726 e. The van der Waals surface area contributed by atoms with E-state index in [1.54, 1.807) is 0 Å². The maximum absolute atomic E-state index is 11.8.